The molecule has 1 heterocycles. The first-order chi connectivity index (χ1) is 5.99. The molecule has 1 nitrogen and oxygen atoms in total. The fraction of sp³-hybridized carbons (Fsp3) is 0.818. The quantitative estimate of drug-likeness (QED) is 0.634. The smallest absolute Gasteiger partial charge is 0.0641 e. The maximum atomic E-state index is 4.55. The second-order valence-corrected chi connectivity index (χ2v) is 5.37. The van der Waals surface area contributed by atoms with Crippen LogP contribution in [-0.4, -0.2) is 18.0 Å². The number of likely N-dealkylation sites (tertiary alicyclic amines) is 1. The summed E-state index contributed by atoms with van der Waals surface area (Å²) in [6.45, 7) is 9.02. The molecule has 0 aliphatic carbocycles. The molecule has 1 aliphatic heterocycles. The lowest BCUT2D eigenvalue weighted by atomic mass is 9.97. The highest BCUT2D eigenvalue weighted by Crippen LogP contribution is 2.23. The van der Waals surface area contributed by atoms with Gasteiger partial charge in [-0.15, -0.1) is 12.6 Å². The van der Waals surface area contributed by atoms with Crippen molar-refractivity contribution >= 4 is 12.6 Å². The molecule has 0 aromatic heterocycles. The van der Waals surface area contributed by atoms with Crippen molar-refractivity contribution in [2.75, 3.05) is 13.1 Å². The van der Waals surface area contributed by atoms with Gasteiger partial charge in [-0.1, -0.05) is 20.8 Å². The van der Waals surface area contributed by atoms with Crippen LogP contribution >= 0.6 is 12.6 Å². The molecule has 0 saturated carbocycles. The van der Waals surface area contributed by atoms with Crippen molar-refractivity contribution in [3.05, 3.63) is 11.1 Å². The van der Waals surface area contributed by atoms with E-state index in [0.29, 0.717) is 0 Å². The van der Waals surface area contributed by atoms with Crippen molar-refractivity contribution < 1.29 is 0 Å². The first-order valence-electron chi connectivity index (χ1n) is 5.16. The van der Waals surface area contributed by atoms with Gasteiger partial charge in [0.2, 0.25) is 0 Å². The Kier molecular flexibility index (Phi) is 3.72. The van der Waals surface area contributed by atoms with Crippen LogP contribution in [0.3, 0.4) is 0 Å². The molecule has 1 aliphatic rings. The molecule has 0 atom stereocenters. The van der Waals surface area contributed by atoms with Crippen LogP contribution in [-0.2, 0) is 0 Å². The SMILES string of the molecule is CC(C)(C)/C=C(\S)N1CCCCC1. The van der Waals surface area contributed by atoms with Crippen molar-refractivity contribution in [2.45, 2.75) is 40.0 Å². The van der Waals surface area contributed by atoms with Gasteiger partial charge in [0.15, 0.2) is 0 Å². The van der Waals surface area contributed by atoms with Crippen LogP contribution in [0.2, 0.25) is 0 Å². The first kappa shape index (κ1) is 11.0. The molecule has 0 radical (unpaired) electrons. The summed E-state index contributed by atoms with van der Waals surface area (Å²) < 4.78 is 0. The predicted molar refractivity (Wildman–Crippen MR) is 61.9 cm³/mol. The maximum absolute atomic E-state index is 4.55. The average molecular weight is 199 g/mol. The van der Waals surface area contributed by atoms with E-state index in [4.69, 9.17) is 0 Å². The van der Waals surface area contributed by atoms with E-state index in [9.17, 15) is 0 Å². The third kappa shape index (κ3) is 4.08. The molecule has 0 spiro atoms. The van der Waals surface area contributed by atoms with Crippen molar-refractivity contribution in [1.82, 2.24) is 4.90 Å². The number of hydrogen-bond acceptors (Lipinski definition) is 2. The lowest BCUT2D eigenvalue weighted by molar-refractivity contribution is 0.299. The molecular formula is C11H21NS. The minimum Gasteiger partial charge on any atom is -0.367 e. The highest BCUT2D eigenvalue weighted by molar-refractivity contribution is 7.84. The summed E-state index contributed by atoms with van der Waals surface area (Å²) in [5.74, 6) is 0. The molecule has 76 valence electrons. The third-order valence-corrected chi connectivity index (χ3v) is 2.65. The summed E-state index contributed by atoms with van der Waals surface area (Å²) in [4.78, 5) is 2.39. The van der Waals surface area contributed by atoms with Gasteiger partial charge >= 0.3 is 0 Å². The van der Waals surface area contributed by atoms with Crippen LogP contribution in [0, 0.1) is 5.41 Å². The van der Waals surface area contributed by atoms with Gasteiger partial charge in [0.25, 0.3) is 0 Å². The molecule has 2 heteroatoms. The summed E-state index contributed by atoms with van der Waals surface area (Å²) in [5, 5.41) is 1.16. The number of nitrogens with zero attached hydrogens (tertiary/aromatic N) is 1. The van der Waals surface area contributed by atoms with Crippen LogP contribution in [0.1, 0.15) is 40.0 Å². The summed E-state index contributed by atoms with van der Waals surface area (Å²) in [7, 11) is 0. The molecule has 0 bridgehead atoms. The number of thiol groups is 1. The Morgan fingerprint density at radius 3 is 2.15 bits per heavy atom. The topological polar surface area (TPSA) is 3.24 Å². The second-order valence-electron chi connectivity index (χ2n) is 4.92. The Morgan fingerprint density at radius 1 is 1.15 bits per heavy atom. The zero-order valence-electron chi connectivity index (χ0n) is 9.01. The van der Waals surface area contributed by atoms with Crippen LogP contribution in [0.5, 0.6) is 0 Å². The Morgan fingerprint density at radius 2 is 1.69 bits per heavy atom. The largest absolute Gasteiger partial charge is 0.367 e. The molecule has 0 aromatic carbocycles. The van der Waals surface area contributed by atoms with E-state index >= 15 is 0 Å². The molecular weight excluding hydrogens is 178 g/mol. The van der Waals surface area contributed by atoms with Gasteiger partial charge < -0.3 is 4.90 Å². The van der Waals surface area contributed by atoms with Gasteiger partial charge in [-0.3, -0.25) is 0 Å². The summed E-state index contributed by atoms with van der Waals surface area (Å²) in [6.07, 6.45) is 6.28. The third-order valence-electron chi connectivity index (χ3n) is 2.24. The molecule has 13 heavy (non-hydrogen) atoms. The molecule has 0 aromatic rings. The first-order valence-corrected chi connectivity index (χ1v) is 5.60. The number of piperidine rings is 1. The summed E-state index contributed by atoms with van der Waals surface area (Å²) in [5.41, 5.74) is 0.245. The number of allylic oxidation sites excluding steroid dienone is 1. The van der Waals surface area contributed by atoms with Gasteiger partial charge in [-0.25, -0.2) is 0 Å². The van der Waals surface area contributed by atoms with Gasteiger partial charge in [-0.05, 0) is 30.8 Å². The Balaban J connectivity index is 2.54. The number of rotatable bonds is 1. The van der Waals surface area contributed by atoms with Crippen LogP contribution < -0.4 is 0 Å². The monoisotopic (exact) mass is 199 g/mol. The molecule has 0 unspecified atom stereocenters. The van der Waals surface area contributed by atoms with E-state index in [0.717, 1.165) is 5.03 Å². The number of hydrogen-bond donors (Lipinski definition) is 1. The van der Waals surface area contributed by atoms with Crippen LogP contribution in [0.15, 0.2) is 11.1 Å². The zero-order valence-corrected chi connectivity index (χ0v) is 9.90. The van der Waals surface area contributed by atoms with Gasteiger partial charge in [0.05, 0.1) is 5.03 Å². The van der Waals surface area contributed by atoms with E-state index in [-0.39, 0.29) is 5.41 Å². The van der Waals surface area contributed by atoms with Crippen molar-refractivity contribution in [3.63, 3.8) is 0 Å². The Bertz CT molecular complexity index is 185. The average Bonchev–Trinajstić information content (AvgIpc) is 2.03. The lowest BCUT2D eigenvalue weighted by Gasteiger charge is -2.30. The van der Waals surface area contributed by atoms with E-state index < -0.39 is 0 Å². The maximum Gasteiger partial charge on any atom is 0.0641 e. The molecule has 0 amide bonds. The second kappa shape index (κ2) is 4.41. The molecule has 1 rings (SSSR count). The molecule has 1 fully saturated rings. The van der Waals surface area contributed by atoms with E-state index in [1.165, 1.54) is 32.4 Å². The summed E-state index contributed by atoms with van der Waals surface area (Å²) in [6, 6.07) is 0. The minimum absolute atomic E-state index is 0.245. The summed E-state index contributed by atoms with van der Waals surface area (Å²) >= 11 is 4.55. The standard InChI is InChI=1S/C11H21NS/c1-11(2,3)9-10(13)12-7-5-4-6-8-12/h9,13H,4-8H2,1-3H3/b10-9-. The highest BCUT2D eigenvalue weighted by Gasteiger charge is 2.13. The van der Waals surface area contributed by atoms with E-state index in [1.54, 1.807) is 0 Å². The van der Waals surface area contributed by atoms with Gasteiger partial charge in [-0.2, -0.15) is 0 Å². The van der Waals surface area contributed by atoms with Crippen LogP contribution in [0.4, 0.5) is 0 Å². The minimum atomic E-state index is 0.245. The Labute approximate surface area is 87.6 Å². The molecule has 1 saturated heterocycles. The van der Waals surface area contributed by atoms with Gasteiger partial charge in [0.1, 0.15) is 0 Å². The normalized spacial score (nSPS) is 20.6. The van der Waals surface area contributed by atoms with Crippen molar-refractivity contribution in [3.8, 4) is 0 Å². The van der Waals surface area contributed by atoms with Crippen molar-refractivity contribution in [2.24, 2.45) is 5.41 Å². The zero-order chi connectivity index (χ0) is 9.90. The fourth-order valence-electron chi connectivity index (χ4n) is 1.60. The van der Waals surface area contributed by atoms with Crippen LogP contribution in [0.25, 0.3) is 0 Å². The molecule has 0 N–H and O–H groups in total. The Hall–Kier alpha value is -0.110. The highest BCUT2D eigenvalue weighted by atomic mass is 32.1. The van der Waals surface area contributed by atoms with E-state index in [2.05, 4.69) is 44.4 Å². The van der Waals surface area contributed by atoms with Crippen molar-refractivity contribution in [1.29, 1.82) is 0 Å². The predicted octanol–water partition coefficient (Wildman–Crippen LogP) is 3.29. The van der Waals surface area contributed by atoms with Gasteiger partial charge in [0, 0.05) is 13.1 Å². The fourth-order valence-corrected chi connectivity index (χ4v) is 2.19. The van der Waals surface area contributed by atoms with E-state index in [1.807, 2.05) is 0 Å². The lowest BCUT2D eigenvalue weighted by Crippen LogP contribution is -2.27.